The van der Waals surface area contributed by atoms with Gasteiger partial charge in [0, 0.05) is 6.04 Å². The summed E-state index contributed by atoms with van der Waals surface area (Å²) in [7, 11) is 0. The molecule has 0 bridgehead atoms. The number of hydrogen-bond acceptors (Lipinski definition) is 2. The highest BCUT2D eigenvalue weighted by Crippen LogP contribution is 2.41. The molecular formula is C14H19F2NO. The first-order valence-electron chi connectivity index (χ1n) is 6.49. The SMILES string of the molecule is CCCNC(c1cccc(OC(F)F)c1)C1CC1. The second kappa shape index (κ2) is 6.14. The molecule has 1 aromatic carbocycles. The molecule has 0 heterocycles. The van der Waals surface area contributed by atoms with Crippen LogP contribution in [-0.4, -0.2) is 13.2 Å². The third-order valence-electron chi connectivity index (χ3n) is 3.15. The summed E-state index contributed by atoms with van der Waals surface area (Å²) in [6.45, 7) is 0.303. The van der Waals surface area contributed by atoms with Crippen molar-refractivity contribution in [2.24, 2.45) is 5.92 Å². The minimum absolute atomic E-state index is 0.242. The molecule has 1 fully saturated rings. The fourth-order valence-corrected chi connectivity index (χ4v) is 2.17. The lowest BCUT2D eigenvalue weighted by atomic mass is 10.0. The number of ether oxygens (including phenoxy) is 1. The Morgan fingerprint density at radius 1 is 1.39 bits per heavy atom. The van der Waals surface area contributed by atoms with Gasteiger partial charge in [-0.3, -0.25) is 0 Å². The van der Waals surface area contributed by atoms with Gasteiger partial charge in [-0.05, 0) is 49.4 Å². The van der Waals surface area contributed by atoms with E-state index in [4.69, 9.17) is 0 Å². The smallest absolute Gasteiger partial charge is 0.387 e. The number of alkyl halides is 2. The van der Waals surface area contributed by atoms with E-state index in [9.17, 15) is 8.78 Å². The van der Waals surface area contributed by atoms with Crippen molar-refractivity contribution in [3.8, 4) is 5.75 Å². The first-order chi connectivity index (χ1) is 8.70. The van der Waals surface area contributed by atoms with Crippen LogP contribution in [-0.2, 0) is 0 Å². The molecule has 0 aromatic heterocycles. The van der Waals surface area contributed by atoms with Gasteiger partial charge in [-0.1, -0.05) is 19.1 Å². The van der Waals surface area contributed by atoms with Gasteiger partial charge in [0.05, 0.1) is 0 Å². The van der Waals surface area contributed by atoms with Gasteiger partial charge in [0.1, 0.15) is 5.75 Å². The van der Waals surface area contributed by atoms with Crippen molar-refractivity contribution in [1.82, 2.24) is 5.32 Å². The molecule has 1 aromatic rings. The average Bonchev–Trinajstić information content (AvgIpc) is 3.14. The molecule has 2 rings (SSSR count). The standard InChI is InChI=1S/C14H19F2NO/c1-2-8-17-13(10-6-7-10)11-4-3-5-12(9-11)18-14(15)16/h3-5,9-10,13-14,17H,2,6-8H2,1H3. The van der Waals surface area contributed by atoms with E-state index in [2.05, 4.69) is 17.0 Å². The monoisotopic (exact) mass is 255 g/mol. The Labute approximate surface area is 106 Å². The van der Waals surface area contributed by atoms with Crippen LogP contribution in [0.15, 0.2) is 24.3 Å². The zero-order valence-electron chi connectivity index (χ0n) is 10.5. The van der Waals surface area contributed by atoms with Crippen molar-refractivity contribution < 1.29 is 13.5 Å². The van der Waals surface area contributed by atoms with Crippen molar-refractivity contribution in [3.05, 3.63) is 29.8 Å². The van der Waals surface area contributed by atoms with Crippen molar-refractivity contribution in [2.45, 2.75) is 38.8 Å². The number of nitrogens with one attached hydrogen (secondary N) is 1. The van der Waals surface area contributed by atoms with E-state index in [1.54, 1.807) is 18.2 Å². The summed E-state index contributed by atoms with van der Waals surface area (Å²) in [5.41, 5.74) is 1.05. The maximum absolute atomic E-state index is 12.2. The predicted molar refractivity (Wildman–Crippen MR) is 66.8 cm³/mol. The van der Waals surface area contributed by atoms with Crippen LogP contribution in [0.1, 0.15) is 37.8 Å². The van der Waals surface area contributed by atoms with Gasteiger partial charge in [-0.15, -0.1) is 0 Å². The summed E-state index contributed by atoms with van der Waals surface area (Å²) in [6.07, 6.45) is 3.49. The van der Waals surface area contributed by atoms with Crippen LogP contribution in [0.25, 0.3) is 0 Å². The molecule has 0 saturated heterocycles. The third kappa shape index (κ3) is 3.67. The normalized spacial score (nSPS) is 16.9. The van der Waals surface area contributed by atoms with Gasteiger partial charge in [0.15, 0.2) is 0 Å². The van der Waals surface area contributed by atoms with Gasteiger partial charge in [-0.25, -0.2) is 0 Å². The van der Waals surface area contributed by atoms with E-state index in [-0.39, 0.29) is 11.8 Å². The molecule has 1 aliphatic carbocycles. The molecule has 1 unspecified atom stereocenters. The minimum atomic E-state index is -2.76. The summed E-state index contributed by atoms with van der Waals surface area (Å²) in [5.74, 6) is 0.879. The summed E-state index contributed by atoms with van der Waals surface area (Å²) >= 11 is 0. The fraction of sp³-hybridized carbons (Fsp3) is 0.571. The molecule has 1 atom stereocenters. The largest absolute Gasteiger partial charge is 0.435 e. The number of halogens is 2. The summed E-state index contributed by atoms with van der Waals surface area (Å²) in [5, 5.41) is 3.49. The lowest BCUT2D eigenvalue weighted by Gasteiger charge is -2.19. The Balaban J connectivity index is 2.08. The highest BCUT2D eigenvalue weighted by atomic mass is 19.3. The fourth-order valence-electron chi connectivity index (χ4n) is 2.17. The first kappa shape index (κ1) is 13.3. The molecule has 18 heavy (non-hydrogen) atoms. The van der Waals surface area contributed by atoms with E-state index in [1.807, 2.05) is 6.07 Å². The van der Waals surface area contributed by atoms with E-state index in [0.29, 0.717) is 5.92 Å². The van der Waals surface area contributed by atoms with Gasteiger partial charge < -0.3 is 10.1 Å². The quantitative estimate of drug-likeness (QED) is 0.801. The zero-order chi connectivity index (χ0) is 13.0. The molecule has 1 saturated carbocycles. The molecule has 4 heteroatoms. The molecule has 1 N–H and O–H groups in total. The number of rotatable bonds is 7. The second-order valence-electron chi connectivity index (χ2n) is 4.72. The summed E-state index contributed by atoms with van der Waals surface area (Å²) < 4.78 is 28.8. The highest BCUT2D eigenvalue weighted by Gasteiger charge is 2.31. The average molecular weight is 255 g/mol. The van der Waals surface area contributed by atoms with Crippen LogP contribution in [0.3, 0.4) is 0 Å². The number of hydrogen-bond donors (Lipinski definition) is 1. The molecule has 0 amide bonds. The molecule has 100 valence electrons. The molecule has 1 aliphatic rings. The molecule has 0 radical (unpaired) electrons. The van der Waals surface area contributed by atoms with Gasteiger partial charge in [-0.2, -0.15) is 8.78 Å². The Morgan fingerprint density at radius 2 is 2.17 bits per heavy atom. The van der Waals surface area contributed by atoms with Crippen LogP contribution in [0.4, 0.5) is 8.78 Å². The number of benzene rings is 1. The Kier molecular flexibility index (Phi) is 4.53. The van der Waals surface area contributed by atoms with Crippen molar-refractivity contribution in [2.75, 3.05) is 6.54 Å². The minimum Gasteiger partial charge on any atom is -0.435 e. The lowest BCUT2D eigenvalue weighted by Crippen LogP contribution is -2.23. The Bertz CT molecular complexity index is 380. The maximum atomic E-state index is 12.2. The maximum Gasteiger partial charge on any atom is 0.387 e. The van der Waals surface area contributed by atoms with Crippen molar-refractivity contribution in [1.29, 1.82) is 0 Å². The van der Waals surface area contributed by atoms with Gasteiger partial charge in [0.2, 0.25) is 0 Å². The molecular weight excluding hydrogens is 236 g/mol. The highest BCUT2D eigenvalue weighted by molar-refractivity contribution is 5.31. The van der Waals surface area contributed by atoms with Crippen molar-refractivity contribution >= 4 is 0 Å². The van der Waals surface area contributed by atoms with Gasteiger partial charge in [0.25, 0.3) is 0 Å². The molecule has 2 nitrogen and oxygen atoms in total. The molecule has 0 aliphatic heterocycles. The second-order valence-corrected chi connectivity index (χ2v) is 4.72. The lowest BCUT2D eigenvalue weighted by molar-refractivity contribution is -0.0499. The topological polar surface area (TPSA) is 21.3 Å². The van der Waals surface area contributed by atoms with Crippen LogP contribution in [0, 0.1) is 5.92 Å². The van der Waals surface area contributed by atoms with Crippen LogP contribution < -0.4 is 10.1 Å². The van der Waals surface area contributed by atoms with Crippen LogP contribution in [0.2, 0.25) is 0 Å². The third-order valence-corrected chi connectivity index (χ3v) is 3.15. The van der Waals surface area contributed by atoms with Crippen LogP contribution in [0.5, 0.6) is 5.75 Å². The van der Waals surface area contributed by atoms with E-state index >= 15 is 0 Å². The Hall–Kier alpha value is -1.16. The first-order valence-corrected chi connectivity index (χ1v) is 6.49. The summed E-state index contributed by atoms with van der Waals surface area (Å²) in [6, 6.07) is 7.31. The van der Waals surface area contributed by atoms with E-state index in [0.717, 1.165) is 18.5 Å². The van der Waals surface area contributed by atoms with Crippen LogP contribution >= 0.6 is 0 Å². The van der Waals surface area contributed by atoms with Crippen molar-refractivity contribution in [3.63, 3.8) is 0 Å². The van der Waals surface area contributed by atoms with E-state index < -0.39 is 6.61 Å². The Morgan fingerprint density at radius 3 is 2.78 bits per heavy atom. The molecule has 0 spiro atoms. The van der Waals surface area contributed by atoms with Gasteiger partial charge >= 0.3 is 6.61 Å². The van der Waals surface area contributed by atoms with E-state index in [1.165, 1.54) is 12.8 Å². The predicted octanol–water partition coefficient (Wildman–Crippen LogP) is 3.74. The zero-order valence-corrected chi connectivity index (χ0v) is 10.5. The summed E-state index contributed by atoms with van der Waals surface area (Å²) in [4.78, 5) is 0.